The second-order valence-corrected chi connectivity index (χ2v) is 33.8. The van der Waals surface area contributed by atoms with Gasteiger partial charge in [0.15, 0.2) is 6.10 Å². The number of carbonyl (C=O) groups excluding carboxylic acids is 12. The smallest absolute Gasteiger partial charge is 0.355 e. The second-order valence-electron chi connectivity index (χ2n) is 33.8. The van der Waals surface area contributed by atoms with E-state index in [9.17, 15) is 57.5 Å². The lowest BCUT2D eigenvalue weighted by Gasteiger charge is -2.25. The van der Waals surface area contributed by atoms with Crippen molar-refractivity contribution in [2.75, 3.05) is 55.9 Å². The second kappa shape index (κ2) is 55.0. The highest BCUT2D eigenvalue weighted by atomic mass is 16.6. The number of esters is 12. The summed E-state index contributed by atoms with van der Waals surface area (Å²) in [4.78, 5) is 142. The molecule has 6 aromatic carbocycles. The van der Waals surface area contributed by atoms with Crippen LogP contribution < -0.4 is 0 Å². The molecule has 0 amide bonds. The summed E-state index contributed by atoms with van der Waals surface area (Å²) in [6.45, 7) is 25.3. The van der Waals surface area contributed by atoms with Crippen molar-refractivity contribution in [1.29, 1.82) is 0 Å². The molecule has 0 spiro atoms. The minimum Gasteiger partial charge on any atom is -0.469 e. The van der Waals surface area contributed by atoms with Crippen molar-refractivity contribution in [3.05, 3.63) is 360 Å². The van der Waals surface area contributed by atoms with E-state index in [1.165, 1.54) is 49.6 Å². The molecule has 10 atom stereocenters. The molecule has 0 saturated carbocycles. The summed E-state index contributed by atoms with van der Waals surface area (Å²) in [6.07, 6.45) is 9.12. The molecule has 30 nitrogen and oxygen atoms in total. The van der Waals surface area contributed by atoms with Crippen LogP contribution in [0.4, 0.5) is 0 Å². The molecular formula is C109H128N6O24. The molecule has 0 aliphatic rings. The van der Waals surface area contributed by atoms with Gasteiger partial charge in [0.05, 0.1) is 110 Å². The Balaban J connectivity index is 0.000000227. The maximum Gasteiger partial charge on any atom is 0.355 e. The fraction of sp³-hybridized carbons (Fsp3) is 0.339. The molecule has 0 aliphatic carbocycles. The molecular weight excluding hydrogens is 1780 g/mol. The number of nitrogens with zero attached hydrogens (tertiary/aromatic N) is 6. The maximum absolute atomic E-state index is 12.6. The van der Waals surface area contributed by atoms with E-state index in [-0.39, 0.29) is 68.7 Å². The molecule has 0 fully saturated rings. The molecule has 0 N–H and O–H groups in total. The van der Waals surface area contributed by atoms with Crippen molar-refractivity contribution in [1.82, 2.24) is 27.4 Å². The predicted octanol–water partition coefficient (Wildman–Crippen LogP) is 19.3. The van der Waals surface area contributed by atoms with Crippen LogP contribution >= 0.6 is 0 Å². The van der Waals surface area contributed by atoms with Gasteiger partial charge < -0.3 is 84.2 Å². The molecule has 0 saturated heterocycles. The topological polar surface area (TPSA) is 345 Å². The summed E-state index contributed by atoms with van der Waals surface area (Å²) < 4.78 is 70.7. The zero-order valence-electron chi connectivity index (χ0n) is 82.5. The molecule has 0 radical (unpaired) electrons. The van der Waals surface area contributed by atoms with Crippen LogP contribution in [0, 0.1) is 11.3 Å². The van der Waals surface area contributed by atoms with Crippen LogP contribution in [0.15, 0.2) is 292 Å². The summed E-state index contributed by atoms with van der Waals surface area (Å²) in [5, 5.41) is 0. The highest BCUT2D eigenvalue weighted by Gasteiger charge is 2.34. The number of rotatable bonds is 35. The van der Waals surface area contributed by atoms with E-state index in [1.807, 2.05) is 300 Å². The molecule has 6 aromatic heterocycles. The van der Waals surface area contributed by atoms with Gasteiger partial charge in [-0.05, 0) is 203 Å². The van der Waals surface area contributed by atoms with Crippen molar-refractivity contribution >= 4 is 71.6 Å². The van der Waals surface area contributed by atoms with Crippen molar-refractivity contribution in [3.8, 4) is 0 Å². The van der Waals surface area contributed by atoms with E-state index >= 15 is 0 Å². The van der Waals surface area contributed by atoms with Gasteiger partial charge in [0.25, 0.3) is 0 Å². The number of hydrogen-bond donors (Lipinski definition) is 0. The van der Waals surface area contributed by atoms with E-state index in [2.05, 4.69) is 23.7 Å². The lowest BCUT2D eigenvalue weighted by atomic mass is 9.95. The van der Waals surface area contributed by atoms with Crippen LogP contribution in [0.1, 0.15) is 249 Å². The zero-order chi connectivity index (χ0) is 102. The largest absolute Gasteiger partial charge is 0.469 e. The van der Waals surface area contributed by atoms with E-state index < -0.39 is 107 Å². The fourth-order valence-corrected chi connectivity index (χ4v) is 14.4. The minimum absolute atomic E-state index is 0.00244. The standard InChI is InChI=1S/2C19H23NO4.3C18H21NO4.C17H19NO4/c1-14(15-9-6-5-7-10-15)20-12-8-11-16(20)17(21)24-13-19(2,3)18(22)23-4;1-14(15-9-6-5-7-10-15)20-12-8-11-16(20)18(22)24-19(2,3)13-17(21)23-4;1-13(17(20)22-3)12-23-18(21)16-10-7-11-19(16)14(2)15-8-5-4-6-9-15;2*1-13(12-17(20)22-3)23-18(21)16-10-7-11-19(16)14(2)15-8-5-4-6-9-15;1-12(14-8-5-4-6-9-14)18-11-7-10-15(18)17(20)22-13(2)16(19)21-3/h2*5-12,14H,13H2,1-4H3;3*4-11,13-14H,12H2,1-3H3;4-13H,1-3H3/t2*14-;13-,14-;13-,14+;13-,14-;12-,13+/m111011/s1. The molecule has 139 heavy (non-hydrogen) atoms. The summed E-state index contributed by atoms with van der Waals surface area (Å²) in [7, 11) is 7.82. The first-order valence-electron chi connectivity index (χ1n) is 45.3. The Morgan fingerprint density at radius 3 is 0.784 bits per heavy atom. The van der Waals surface area contributed by atoms with Gasteiger partial charge in [-0.3, -0.25) is 24.0 Å². The molecule has 12 aromatic rings. The normalized spacial score (nSPS) is 12.9. The van der Waals surface area contributed by atoms with Crippen molar-refractivity contribution in [2.45, 2.75) is 176 Å². The van der Waals surface area contributed by atoms with Gasteiger partial charge >= 0.3 is 71.6 Å². The third-order valence-electron chi connectivity index (χ3n) is 22.5. The summed E-state index contributed by atoms with van der Waals surface area (Å²) >= 11 is 0. The van der Waals surface area contributed by atoms with E-state index in [0.29, 0.717) is 34.2 Å². The van der Waals surface area contributed by atoms with E-state index in [1.54, 1.807) is 109 Å². The van der Waals surface area contributed by atoms with E-state index in [4.69, 9.17) is 33.2 Å². The third kappa shape index (κ3) is 33.3. The van der Waals surface area contributed by atoms with Gasteiger partial charge in [-0.1, -0.05) is 182 Å². The summed E-state index contributed by atoms with van der Waals surface area (Å²) in [5.41, 5.74) is 7.41. The number of methoxy groups -OCH3 is 6. The van der Waals surface area contributed by atoms with Crippen molar-refractivity contribution in [3.63, 3.8) is 0 Å². The quantitative estimate of drug-likeness (QED) is 0.0263. The lowest BCUT2D eigenvalue weighted by molar-refractivity contribution is -0.153. The van der Waals surface area contributed by atoms with Crippen LogP contribution in [0.25, 0.3) is 0 Å². The molecule has 0 bridgehead atoms. The molecule has 0 aliphatic heterocycles. The Labute approximate surface area is 812 Å². The monoisotopic (exact) mass is 1900 g/mol. The molecule has 738 valence electrons. The fourth-order valence-electron chi connectivity index (χ4n) is 14.4. The number of hydrogen-bond acceptors (Lipinski definition) is 24. The van der Waals surface area contributed by atoms with E-state index in [0.717, 1.165) is 33.4 Å². The Bertz CT molecular complexity index is 5780. The number of benzene rings is 6. The third-order valence-corrected chi connectivity index (χ3v) is 22.5. The minimum atomic E-state index is -0.937. The van der Waals surface area contributed by atoms with Gasteiger partial charge in [-0.2, -0.15) is 0 Å². The average Bonchev–Trinajstić information content (AvgIpc) is 1.68. The highest BCUT2D eigenvalue weighted by molar-refractivity contribution is 5.92. The highest BCUT2D eigenvalue weighted by Crippen LogP contribution is 2.30. The number of aromatic nitrogens is 6. The van der Waals surface area contributed by atoms with Crippen LogP contribution in [0.3, 0.4) is 0 Å². The van der Waals surface area contributed by atoms with Gasteiger partial charge in [0.2, 0.25) is 0 Å². The lowest BCUT2D eigenvalue weighted by Crippen LogP contribution is -2.32. The SMILES string of the molecule is COC(=O)C(C)(C)COC(=O)c1cccn1[C@H](C)c1ccccc1.COC(=O)CC(C)(C)OC(=O)c1cccn1[C@H](C)c1ccccc1.COC(=O)C[C@@H](C)OC(=O)c1cccn1[C@H](C)c1ccccc1.COC(=O)C[C@H](C)OC(=O)c1cccn1[C@H](C)c1ccccc1.COC(=O)[C@H](C)COC(=O)c1cccn1[C@H](C)c1ccccc1.COC(=O)[C@H](C)OC(=O)c1cccn1[C@H](C)c1ccccc1. The van der Waals surface area contributed by atoms with Crippen molar-refractivity contribution in [2.24, 2.45) is 11.3 Å². The van der Waals surface area contributed by atoms with Gasteiger partial charge in [-0.25, -0.2) is 33.6 Å². The first kappa shape index (κ1) is 111. The first-order valence-corrected chi connectivity index (χ1v) is 45.3. The summed E-state index contributed by atoms with van der Waals surface area (Å²) in [6, 6.07) is 80.4. The molecule has 30 heteroatoms. The Kier molecular flexibility index (Phi) is 43.8. The Morgan fingerprint density at radius 1 is 0.273 bits per heavy atom. The summed E-state index contributed by atoms with van der Waals surface area (Å²) in [5.74, 6) is -5.92. The van der Waals surface area contributed by atoms with Crippen LogP contribution in [-0.4, -0.2) is 179 Å². The number of ether oxygens (including phenoxy) is 12. The average molecular weight is 1910 g/mol. The molecule has 6 heterocycles. The number of carbonyl (C=O) groups is 12. The molecule has 12 rings (SSSR count). The Hall–Kier alpha value is -15.4. The zero-order valence-corrected chi connectivity index (χ0v) is 82.5. The van der Waals surface area contributed by atoms with Gasteiger partial charge in [0, 0.05) is 37.2 Å². The molecule has 0 unspecified atom stereocenters. The predicted molar refractivity (Wildman–Crippen MR) is 522 cm³/mol. The maximum atomic E-state index is 12.6. The van der Waals surface area contributed by atoms with Gasteiger partial charge in [0.1, 0.15) is 65.2 Å². The van der Waals surface area contributed by atoms with Crippen LogP contribution in [0.2, 0.25) is 0 Å². The van der Waals surface area contributed by atoms with Crippen LogP contribution in [0.5, 0.6) is 0 Å². The Morgan fingerprint density at radius 2 is 0.525 bits per heavy atom. The first-order chi connectivity index (χ1) is 66.3. The van der Waals surface area contributed by atoms with Gasteiger partial charge in [-0.15, -0.1) is 0 Å². The van der Waals surface area contributed by atoms with Crippen LogP contribution in [-0.2, 0) is 85.6 Å². The van der Waals surface area contributed by atoms with Crippen molar-refractivity contribution < 1.29 is 114 Å².